The highest BCUT2D eigenvalue weighted by Gasteiger charge is 2.21. The molecule has 19 heavy (non-hydrogen) atoms. The highest BCUT2D eigenvalue weighted by atomic mass is 35.5. The fraction of sp³-hybridized carbons (Fsp3) is 0.769. The van der Waals surface area contributed by atoms with Crippen LogP contribution >= 0.6 is 23.4 Å². The van der Waals surface area contributed by atoms with E-state index in [2.05, 4.69) is 22.3 Å². The monoisotopic (exact) mass is 302 g/mol. The molecule has 4 nitrogen and oxygen atoms in total. The molecule has 6 heteroatoms. The van der Waals surface area contributed by atoms with E-state index in [1.165, 1.54) is 24.3 Å². The quantitative estimate of drug-likeness (QED) is 0.647. The van der Waals surface area contributed by atoms with Crippen molar-refractivity contribution in [3.63, 3.8) is 0 Å². The molecule has 1 aliphatic heterocycles. The number of thioether (sulfide) groups is 1. The Labute approximate surface area is 124 Å². The van der Waals surface area contributed by atoms with Crippen LogP contribution in [0.4, 0.5) is 0 Å². The van der Waals surface area contributed by atoms with Crippen LogP contribution in [0.5, 0.6) is 0 Å². The zero-order valence-corrected chi connectivity index (χ0v) is 13.2. The third-order valence-corrected chi connectivity index (χ3v) is 5.44. The molecule has 0 saturated carbocycles. The molecule has 1 atom stereocenters. The fourth-order valence-electron chi connectivity index (χ4n) is 2.73. The Morgan fingerprint density at radius 3 is 2.74 bits per heavy atom. The van der Waals surface area contributed by atoms with Crippen LogP contribution < -0.4 is 11.3 Å². The number of hydrazine groups is 1. The summed E-state index contributed by atoms with van der Waals surface area (Å²) in [5.41, 5.74) is 4.92. The summed E-state index contributed by atoms with van der Waals surface area (Å²) in [7, 11) is 1.94. The molecule has 1 aromatic heterocycles. The molecule has 2 rings (SSSR count). The van der Waals surface area contributed by atoms with Gasteiger partial charge in [-0.25, -0.2) is 0 Å². The van der Waals surface area contributed by atoms with Gasteiger partial charge >= 0.3 is 0 Å². The average Bonchev–Trinajstić information content (AvgIpc) is 2.65. The SMILES string of the molecule is Cc1nn(C)c(CC(CC2CCSCC2)NN)c1Cl. The van der Waals surface area contributed by atoms with Crippen molar-refractivity contribution in [1.29, 1.82) is 0 Å². The average molecular weight is 303 g/mol. The Kier molecular flexibility index (Phi) is 5.57. The van der Waals surface area contributed by atoms with Crippen LogP contribution in [-0.4, -0.2) is 27.3 Å². The zero-order chi connectivity index (χ0) is 13.8. The van der Waals surface area contributed by atoms with Crippen molar-refractivity contribution in [3.8, 4) is 0 Å². The summed E-state index contributed by atoms with van der Waals surface area (Å²) in [6, 6.07) is 0.278. The van der Waals surface area contributed by atoms with Gasteiger partial charge in [-0.05, 0) is 43.6 Å². The molecule has 0 radical (unpaired) electrons. The lowest BCUT2D eigenvalue weighted by atomic mass is 9.92. The normalized spacial score (nSPS) is 18.7. The zero-order valence-electron chi connectivity index (χ0n) is 11.7. The fourth-order valence-corrected chi connectivity index (χ4v) is 4.17. The van der Waals surface area contributed by atoms with Crippen molar-refractivity contribution in [2.45, 2.75) is 38.6 Å². The van der Waals surface area contributed by atoms with Crippen LogP contribution in [0, 0.1) is 12.8 Å². The van der Waals surface area contributed by atoms with Crippen molar-refractivity contribution in [1.82, 2.24) is 15.2 Å². The topological polar surface area (TPSA) is 55.9 Å². The van der Waals surface area contributed by atoms with Gasteiger partial charge in [0.1, 0.15) is 0 Å². The van der Waals surface area contributed by atoms with Gasteiger partial charge in [-0.15, -0.1) is 0 Å². The Balaban J connectivity index is 1.98. The minimum atomic E-state index is 0.278. The molecule has 1 fully saturated rings. The molecule has 0 aromatic carbocycles. The molecule has 0 spiro atoms. The van der Waals surface area contributed by atoms with Crippen molar-refractivity contribution in [2.75, 3.05) is 11.5 Å². The van der Waals surface area contributed by atoms with Crippen LogP contribution in [0.2, 0.25) is 5.02 Å². The highest BCUT2D eigenvalue weighted by molar-refractivity contribution is 7.99. The summed E-state index contributed by atoms with van der Waals surface area (Å²) in [4.78, 5) is 0. The van der Waals surface area contributed by atoms with Crippen LogP contribution in [0.15, 0.2) is 0 Å². The number of halogens is 1. The first-order valence-corrected chi connectivity index (χ1v) is 8.37. The van der Waals surface area contributed by atoms with E-state index in [9.17, 15) is 0 Å². The number of nitrogens with zero attached hydrogens (tertiary/aromatic N) is 2. The van der Waals surface area contributed by atoms with Gasteiger partial charge in [-0.3, -0.25) is 16.0 Å². The van der Waals surface area contributed by atoms with Gasteiger partial charge in [0.15, 0.2) is 0 Å². The standard InChI is InChI=1S/C13H23ClN4S/c1-9-13(14)12(18(2)17-9)8-11(16-15)7-10-3-5-19-6-4-10/h10-11,16H,3-8,15H2,1-2H3. The van der Waals surface area contributed by atoms with Crippen molar-refractivity contribution in [2.24, 2.45) is 18.8 Å². The third-order valence-electron chi connectivity index (χ3n) is 3.90. The first kappa shape index (κ1) is 15.2. The van der Waals surface area contributed by atoms with E-state index < -0.39 is 0 Å². The smallest absolute Gasteiger partial charge is 0.0847 e. The first-order chi connectivity index (χ1) is 9.11. The molecule has 0 amide bonds. The number of nitrogens with one attached hydrogen (secondary N) is 1. The molecule has 3 N–H and O–H groups in total. The maximum Gasteiger partial charge on any atom is 0.0847 e. The second kappa shape index (κ2) is 6.97. The van der Waals surface area contributed by atoms with Gasteiger partial charge < -0.3 is 0 Å². The number of rotatable bonds is 5. The van der Waals surface area contributed by atoms with Crippen LogP contribution in [0.25, 0.3) is 0 Å². The van der Waals surface area contributed by atoms with E-state index in [-0.39, 0.29) is 6.04 Å². The second-order valence-electron chi connectivity index (χ2n) is 5.33. The summed E-state index contributed by atoms with van der Waals surface area (Å²) in [5.74, 6) is 9.07. The number of hydrogen-bond donors (Lipinski definition) is 2. The number of aromatic nitrogens is 2. The lowest BCUT2D eigenvalue weighted by Gasteiger charge is -2.26. The minimum Gasteiger partial charge on any atom is -0.271 e. The Bertz CT molecular complexity index is 415. The summed E-state index contributed by atoms with van der Waals surface area (Å²) >= 11 is 8.36. The summed E-state index contributed by atoms with van der Waals surface area (Å²) < 4.78 is 1.87. The van der Waals surface area contributed by atoms with E-state index in [0.717, 1.165) is 35.2 Å². The lowest BCUT2D eigenvalue weighted by Crippen LogP contribution is -2.39. The number of hydrogen-bond acceptors (Lipinski definition) is 4. The van der Waals surface area contributed by atoms with E-state index in [1.54, 1.807) is 0 Å². The second-order valence-corrected chi connectivity index (χ2v) is 6.93. The van der Waals surface area contributed by atoms with Gasteiger partial charge in [-0.2, -0.15) is 16.9 Å². The Hall–Kier alpha value is -0.230. The van der Waals surface area contributed by atoms with E-state index in [1.807, 2.05) is 18.7 Å². The predicted molar refractivity (Wildman–Crippen MR) is 82.4 cm³/mol. The van der Waals surface area contributed by atoms with E-state index in [4.69, 9.17) is 17.4 Å². The van der Waals surface area contributed by atoms with Gasteiger partial charge in [0.05, 0.1) is 16.4 Å². The number of aryl methyl sites for hydroxylation is 2. The van der Waals surface area contributed by atoms with Crippen LogP contribution in [-0.2, 0) is 13.5 Å². The Morgan fingerprint density at radius 1 is 1.53 bits per heavy atom. The van der Waals surface area contributed by atoms with Crippen molar-refractivity contribution >= 4 is 23.4 Å². The molecule has 1 unspecified atom stereocenters. The lowest BCUT2D eigenvalue weighted by molar-refractivity contribution is 0.361. The molecule has 1 aliphatic rings. The predicted octanol–water partition coefficient (Wildman–Crippen LogP) is 2.29. The molecule has 108 valence electrons. The van der Waals surface area contributed by atoms with Crippen LogP contribution in [0.1, 0.15) is 30.7 Å². The first-order valence-electron chi connectivity index (χ1n) is 6.83. The molecular formula is C13H23ClN4S. The number of nitrogens with two attached hydrogens (primary N) is 1. The highest BCUT2D eigenvalue weighted by Crippen LogP contribution is 2.28. The Morgan fingerprint density at radius 2 is 2.21 bits per heavy atom. The van der Waals surface area contributed by atoms with Crippen molar-refractivity contribution < 1.29 is 0 Å². The summed E-state index contributed by atoms with van der Waals surface area (Å²) in [6.45, 7) is 1.94. The molecule has 1 aromatic rings. The maximum absolute atomic E-state index is 6.30. The maximum atomic E-state index is 6.30. The third kappa shape index (κ3) is 3.88. The van der Waals surface area contributed by atoms with Gasteiger partial charge in [0.2, 0.25) is 0 Å². The van der Waals surface area contributed by atoms with Gasteiger partial charge in [0.25, 0.3) is 0 Å². The molecule has 2 heterocycles. The minimum absolute atomic E-state index is 0.278. The largest absolute Gasteiger partial charge is 0.271 e. The van der Waals surface area contributed by atoms with Crippen molar-refractivity contribution in [3.05, 3.63) is 16.4 Å². The van der Waals surface area contributed by atoms with Gasteiger partial charge in [-0.1, -0.05) is 11.6 Å². The molecule has 1 saturated heterocycles. The summed E-state index contributed by atoms with van der Waals surface area (Å²) in [6.07, 6.45) is 4.58. The van der Waals surface area contributed by atoms with E-state index >= 15 is 0 Å². The summed E-state index contributed by atoms with van der Waals surface area (Å²) in [5, 5.41) is 5.14. The van der Waals surface area contributed by atoms with Gasteiger partial charge in [0, 0.05) is 19.5 Å². The van der Waals surface area contributed by atoms with Crippen LogP contribution in [0.3, 0.4) is 0 Å². The molecule has 0 aliphatic carbocycles. The molecule has 0 bridgehead atoms. The molecular weight excluding hydrogens is 280 g/mol. The van der Waals surface area contributed by atoms with E-state index in [0.29, 0.717) is 0 Å².